The molecule has 60 valence electrons. The Morgan fingerprint density at radius 2 is 2.27 bits per heavy atom. The summed E-state index contributed by atoms with van der Waals surface area (Å²) in [5.41, 5.74) is 4.32. The van der Waals surface area contributed by atoms with Crippen LogP contribution in [0.25, 0.3) is 0 Å². The van der Waals surface area contributed by atoms with Gasteiger partial charge in [-0.05, 0) is 32.3 Å². The van der Waals surface area contributed by atoms with Crippen molar-refractivity contribution in [3.8, 4) is 0 Å². The van der Waals surface area contributed by atoms with Crippen molar-refractivity contribution in [3.63, 3.8) is 0 Å². The van der Waals surface area contributed by atoms with Crippen LogP contribution < -0.4 is 0 Å². The highest BCUT2D eigenvalue weighted by atomic mass is 14.1. The van der Waals surface area contributed by atoms with Crippen molar-refractivity contribution >= 4 is 0 Å². The maximum atomic E-state index is 2.30. The van der Waals surface area contributed by atoms with Gasteiger partial charge in [0, 0.05) is 0 Å². The molecule has 0 radical (unpaired) electrons. The summed E-state index contributed by atoms with van der Waals surface area (Å²) in [4.78, 5) is 0. The predicted octanol–water partition coefficient (Wildman–Crippen LogP) is 3.62. The average molecular weight is 148 g/mol. The molecule has 0 aromatic heterocycles. The van der Waals surface area contributed by atoms with Crippen LogP contribution in [0, 0.1) is 0 Å². The van der Waals surface area contributed by atoms with E-state index in [0.29, 0.717) is 0 Å². The first kappa shape index (κ1) is 8.32. The van der Waals surface area contributed by atoms with Crippen molar-refractivity contribution in [2.75, 3.05) is 0 Å². The van der Waals surface area contributed by atoms with E-state index in [1.54, 1.807) is 5.57 Å². The van der Waals surface area contributed by atoms with E-state index in [-0.39, 0.29) is 0 Å². The molecule has 0 nitrogen and oxygen atoms in total. The molecule has 11 heavy (non-hydrogen) atoms. The summed E-state index contributed by atoms with van der Waals surface area (Å²) >= 11 is 0. The van der Waals surface area contributed by atoms with Crippen LogP contribution in [0.1, 0.15) is 33.6 Å². The molecule has 0 saturated carbocycles. The smallest absolute Gasteiger partial charge is 0.0127 e. The van der Waals surface area contributed by atoms with Crippen molar-refractivity contribution in [1.29, 1.82) is 0 Å². The predicted molar refractivity (Wildman–Crippen MR) is 50.5 cm³/mol. The Morgan fingerprint density at radius 1 is 1.55 bits per heavy atom. The standard InChI is InChI=1S/C11H16/c1-4-10-5-6-11(8-10)7-9(2)3/h6-8H,4-5H2,1-3H3. The molecule has 1 rings (SSSR count). The Kier molecular flexibility index (Phi) is 2.70. The van der Waals surface area contributed by atoms with Crippen molar-refractivity contribution in [3.05, 3.63) is 34.9 Å². The van der Waals surface area contributed by atoms with Gasteiger partial charge >= 0.3 is 0 Å². The summed E-state index contributed by atoms with van der Waals surface area (Å²) in [6, 6.07) is 0. The normalized spacial score (nSPS) is 15.9. The van der Waals surface area contributed by atoms with E-state index in [2.05, 4.69) is 39.0 Å². The van der Waals surface area contributed by atoms with Gasteiger partial charge in [0.25, 0.3) is 0 Å². The molecule has 0 aliphatic heterocycles. The molecular weight excluding hydrogens is 132 g/mol. The molecule has 0 unspecified atom stereocenters. The second-order valence-corrected chi connectivity index (χ2v) is 3.29. The second-order valence-electron chi connectivity index (χ2n) is 3.29. The molecule has 0 atom stereocenters. The van der Waals surface area contributed by atoms with Gasteiger partial charge in [-0.2, -0.15) is 0 Å². The van der Waals surface area contributed by atoms with E-state index in [4.69, 9.17) is 0 Å². The van der Waals surface area contributed by atoms with E-state index in [9.17, 15) is 0 Å². The largest absolute Gasteiger partial charge is 0.0759 e. The van der Waals surface area contributed by atoms with Crippen LogP contribution in [0.2, 0.25) is 0 Å². The van der Waals surface area contributed by atoms with Gasteiger partial charge in [-0.25, -0.2) is 0 Å². The second kappa shape index (κ2) is 3.56. The van der Waals surface area contributed by atoms with E-state index in [0.717, 1.165) is 6.42 Å². The molecule has 0 saturated heterocycles. The number of hydrogen-bond acceptors (Lipinski definition) is 0. The summed E-state index contributed by atoms with van der Waals surface area (Å²) in [5.74, 6) is 0. The minimum atomic E-state index is 1.16. The minimum absolute atomic E-state index is 1.16. The first-order valence-electron chi connectivity index (χ1n) is 4.27. The van der Waals surface area contributed by atoms with Crippen LogP contribution in [0.5, 0.6) is 0 Å². The lowest BCUT2D eigenvalue weighted by Crippen LogP contribution is -1.70. The molecule has 0 bridgehead atoms. The molecule has 0 fully saturated rings. The fourth-order valence-corrected chi connectivity index (χ4v) is 1.28. The zero-order valence-electron chi connectivity index (χ0n) is 7.65. The quantitative estimate of drug-likeness (QED) is 0.561. The lowest BCUT2D eigenvalue weighted by Gasteiger charge is -1.91. The van der Waals surface area contributed by atoms with E-state index >= 15 is 0 Å². The Balaban J connectivity index is 2.64. The first-order chi connectivity index (χ1) is 5.22. The molecule has 0 N–H and O–H groups in total. The van der Waals surface area contributed by atoms with Crippen molar-refractivity contribution in [2.24, 2.45) is 0 Å². The van der Waals surface area contributed by atoms with Crippen LogP contribution in [0.3, 0.4) is 0 Å². The summed E-state index contributed by atoms with van der Waals surface area (Å²) in [5, 5.41) is 0. The first-order valence-corrected chi connectivity index (χ1v) is 4.27. The third kappa shape index (κ3) is 2.38. The number of hydrogen-bond donors (Lipinski definition) is 0. The Morgan fingerprint density at radius 3 is 2.73 bits per heavy atom. The zero-order chi connectivity index (χ0) is 8.27. The Hall–Kier alpha value is -0.780. The van der Waals surface area contributed by atoms with Crippen LogP contribution >= 0.6 is 0 Å². The summed E-state index contributed by atoms with van der Waals surface area (Å²) < 4.78 is 0. The fourth-order valence-electron chi connectivity index (χ4n) is 1.28. The van der Waals surface area contributed by atoms with E-state index in [1.165, 1.54) is 17.6 Å². The maximum absolute atomic E-state index is 2.30. The lowest BCUT2D eigenvalue weighted by molar-refractivity contribution is 1.05. The third-order valence-electron chi connectivity index (χ3n) is 1.88. The number of rotatable bonds is 2. The zero-order valence-corrected chi connectivity index (χ0v) is 7.65. The van der Waals surface area contributed by atoms with Crippen LogP contribution in [-0.4, -0.2) is 0 Å². The van der Waals surface area contributed by atoms with Crippen molar-refractivity contribution in [2.45, 2.75) is 33.6 Å². The van der Waals surface area contributed by atoms with Gasteiger partial charge in [0.05, 0.1) is 0 Å². The van der Waals surface area contributed by atoms with Gasteiger partial charge < -0.3 is 0 Å². The highest BCUT2D eigenvalue weighted by molar-refractivity contribution is 5.40. The molecule has 0 amide bonds. The van der Waals surface area contributed by atoms with Gasteiger partial charge in [0.1, 0.15) is 0 Å². The highest BCUT2D eigenvalue weighted by Gasteiger charge is 2.01. The van der Waals surface area contributed by atoms with Crippen molar-refractivity contribution < 1.29 is 0 Å². The van der Waals surface area contributed by atoms with Gasteiger partial charge in [-0.3, -0.25) is 0 Å². The molecule has 0 aromatic rings. The highest BCUT2D eigenvalue weighted by Crippen LogP contribution is 2.21. The maximum Gasteiger partial charge on any atom is -0.0127 e. The molecule has 0 heteroatoms. The van der Waals surface area contributed by atoms with Gasteiger partial charge in [-0.1, -0.05) is 36.3 Å². The van der Waals surface area contributed by atoms with Gasteiger partial charge in [-0.15, -0.1) is 0 Å². The monoisotopic (exact) mass is 148 g/mol. The minimum Gasteiger partial charge on any atom is -0.0759 e. The van der Waals surface area contributed by atoms with Crippen LogP contribution in [0.15, 0.2) is 34.9 Å². The Bertz CT molecular complexity index is 222. The fraction of sp³-hybridized carbons (Fsp3) is 0.455. The summed E-state index contributed by atoms with van der Waals surface area (Å²) in [6.07, 6.45) is 9.19. The third-order valence-corrected chi connectivity index (χ3v) is 1.88. The molecular formula is C11H16. The number of allylic oxidation sites excluding steroid dienone is 6. The van der Waals surface area contributed by atoms with Gasteiger partial charge in [0.15, 0.2) is 0 Å². The summed E-state index contributed by atoms with van der Waals surface area (Å²) in [7, 11) is 0. The Labute approximate surface area is 69.3 Å². The molecule has 1 aliphatic carbocycles. The summed E-state index contributed by atoms with van der Waals surface area (Å²) in [6.45, 7) is 6.49. The van der Waals surface area contributed by atoms with E-state index < -0.39 is 0 Å². The molecule has 1 aliphatic rings. The topological polar surface area (TPSA) is 0 Å². The van der Waals surface area contributed by atoms with Gasteiger partial charge in [0.2, 0.25) is 0 Å². The van der Waals surface area contributed by atoms with Crippen molar-refractivity contribution in [1.82, 2.24) is 0 Å². The molecule has 0 spiro atoms. The van der Waals surface area contributed by atoms with Crippen LogP contribution in [-0.2, 0) is 0 Å². The SMILES string of the molecule is CCC1=CC(C=C(C)C)=CC1. The molecule has 0 heterocycles. The average Bonchev–Trinajstić information content (AvgIpc) is 2.34. The lowest BCUT2D eigenvalue weighted by atomic mass is 10.2. The van der Waals surface area contributed by atoms with Crippen LogP contribution in [0.4, 0.5) is 0 Å². The molecule has 0 aromatic carbocycles. The van der Waals surface area contributed by atoms with E-state index in [1.807, 2.05) is 0 Å².